The topological polar surface area (TPSA) is 330 Å². The van der Waals surface area contributed by atoms with E-state index >= 15 is 0 Å². The molecule has 1 aromatic rings. The van der Waals surface area contributed by atoms with E-state index < -0.39 is 109 Å². The molecule has 62 heavy (non-hydrogen) atoms. The maximum absolute atomic E-state index is 13.2. The second-order valence-electron chi connectivity index (χ2n) is 14.9. The standard InChI is InChI=1S/C35H51N9O11.C6H15N/c1-18(2)13-22(33(52)40-20(5)32(51)44-30(19(3)4)31(37)50)43-34(53)23(15-25(36)45)41-27(47)12-11-26(46)38-16-28(48)39-17-29(49)42-24(35(54)55)14-21-9-7-6-8-10-21;1-4-7(5-2)6-3/h6-12,18-20,22-24,30H,13-17H2,1-5H3,(H2,36,45)(H2,37,50)(H,38,46)(H,39,48)(H,40,52)(H,41,47)(H,42,49)(H,43,53)(H,44,51)(H,54,55);4-6H2,1-3H3/b12-11+;/t20-,22-,23-,24-,30-;/m0./s1. The number of rotatable bonds is 26. The number of hydrogen-bond donors (Lipinski definition) is 10. The number of benzene rings is 1. The van der Waals surface area contributed by atoms with Crippen LogP contribution in [0.5, 0.6) is 0 Å². The molecule has 5 atom stereocenters. The highest BCUT2D eigenvalue weighted by atomic mass is 16.4. The van der Waals surface area contributed by atoms with Crippen LogP contribution in [0.2, 0.25) is 0 Å². The first-order chi connectivity index (χ1) is 29.0. The van der Waals surface area contributed by atoms with Gasteiger partial charge < -0.3 is 58.7 Å². The van der Waals surface area contributed by atoms with E-state index in [4.69, 9.17) is 11.5 Å². The van der Waals surface area contributed by atoms with Gasteiger partial charge in [-0.25, -0.2) is 4.79 Å². The largest absolute Gasteiger partial charge is 0.480 e. The third-order valence-electron chi connectivity index (χ3n) is 8.91. The van der Waals surface area contributed by atoms with Crippen LogP contribution in [-0.2, 0) is 54.4 Å². The fourth-order valence-electron chi connectivity index (χ4n) is 5.41. The maximum Gasteiger partial charge on any atom is 0.326 e. The predicted molar refractivity (Wildman–Crippen MR) is 229 cm³/mol. The number of nitrogens with zero attached hydrogens (tertiary/aromatic N) is 1. The fourth-order valence-corrected chi connectivity index (χ4v) is 5.41. The number of carbonyl (C=O) groups excluding carboxylic acids is 9. The Morgan fingerprint density at radius 2 is 1.19 bits per heavy atom. The van der Waals surface area contributed by atoms with E-state index in [1.165, 1.54) is 26.6 Å². The Balaban J connectivity index is 0.00000486. The van der Waals surface area contributed by atoms with Crippen LogP contribution in [0.3, 0.4) is 0 Å². The Bertz CT molecular complexity index is 1700. The van der Waals surface area contributed by atoms with Crippen LogP contribution in [0.4, 0.5) is 0 Å². The van der Waals surface area contributed by atoms with Crippen molar-refractivity contribution >= 4 is 59.1 Å². The lowest BCUT2D eigenvalue weighted by Crippen LogP contribution is -2.58. The van der Waals surface area contributed by atoms with Crippen molar-refractivity contribution in [3.8, 4) is 0 Å². The lowest BCUT2D eigenvalue weighted by Gasteiger charge is -2.26. The van der Waals surface area contributed by atoms with Gasteiger partial charge in [-0.2, -0.15) is 0 Å². The first-order valence-corrected chi connectivity index (χ1v) is 20.3. The Labute approximate surface area is 362 Å². The molecule has 1 aromatic carbocycles. The Morgan fingerprint density at radius 3 is 1.68 bits per heavy atom. The first kappa shape index (κ1) is 55.6. The van der Waals surface area contributed by atoms with Gasteiger partial charge in [-0.3, -0.25) is 43.2 Å². The van der Waals surface area contributed by atoms with Crippen molar-refractivity contribution in [3.63, 3.8) is 0 Å². The van der Waals surface area contributed by atoms with Crippen molar-refractivity contribution in [2.75, 3.05) is 32.7 Å². The molecule has 12 N–H and O–H groups in total. The number of nitrogens with two attached hydrogens (primary N) is 2. The summed E-state index contributed by atoms with van der Waals surface area (Å²) in [5.74, 6) is -9.51. The van der Waals surface area contributed by atoms with Crippen LogP contribution >= 0.6 is 0 Å². The van der Waals surface area contributed by atoms with Crippen LogP contribution in [-0.4, -0.2) is 132 Å². The number of nitrogens with one attached hydrogen (secondary N) is 7. The van der Waals surface area contributed by atoms with Crippen molar-refractivity contribution in [3.05, 3.63) is 48.0 Å². The quantitative estimate of drug-likeness (QED) is 0.0450. The molecular formula is C41H66N10O11. The van der Waals surface area contributed by atoms with E-state index in [0.717, 1.165) is 6.08 Å². The summed E-state index contributed by atoms with van der Waals surface area (Å²) in [6.07, 6.45) is 0.823. The zero-order chi connectivity index (χ0) is 47.5. The van der Waals surface area contributed by atoms with Gasteiger partial charge in [0.1, 0.15) is 30.2 Å². The van der Waals surface area contributed by atoms with Gasteiger partial charge in [-0.05, 0) is 50.4 Å². The summed E-state index contributed by atoms with van der Waals surface area (Å²) in [5.41, 5.74) is 11.3. The minimum absolute atomic E-state index is 0.0110. The van der Waals surface area contributed by atoms with Crippen molar-refractivity contribution in [2.45, 2.75) is 105 Å². The molecule has 0 saturated carbocycles. The molecule has 21 heteroatoms. The summed E-state index contributed by atoms with van der Waals surface area (Å²) >= 11 is 0. The molecule has 1 rings (SSSR count). The number of amides is 9. The second kappa shape index (κ2) is 29.8. The third kappa shape index (κ3) is 24.0. The van der Waals surface area contributed by atoms with Gasteiger partial charge in [0.15, 0.2) is 0 Å². The van der Waals surface area contributed by atoms with Gasteiger partial charge in [0, 0.05) is 18.6 Å². The van der Waals surface area contributed by atoms with E-state index in [1.807, 2.05) is 0 Å². The SMILES string of the molecule is CC(C)C[C@H](NC(=O)[C@H](CC(N)=O)NC(=O)/C=C/C(=O)NCC(=O)NCC(=O)N[C@@H](Cc1ccccc1)C(=O)O)C(=O)N[C@@H](C)C(=O)N[C@H](C(N)=O)C(C)C.CCN(CC)CC. The minimum Gasteiger partial charge on any atom is -0.480 e. The lowest BCUT2D eigenvalue weighted by atomic mass is 10.0. The van der Waals surface area contributed by atoms with Gasteiger partial charge in [0.05, 0.1) is 19.5 Å². The molecule has 0 aliphatic carbocycles. The van der Waals surface area contributed by atoms with Gasteiger partial charge in [0.25, 0.3) is 0 Å². The molecule has 0 aromatic heterocycles. The molecule has 346 valence electrons. The van der Waals surface area contributed by atoms with Crippen LogP contribution in [0, 0.1) is 11.8 Å². The Hall–Kier alpha value is -6.38. The normalized spacial score (nSPS) is 13.3. The van der Waals surface area contributed by atoms with Crippen LogP contribution in [0.15, 0.2) is 42.5 Å². The average molecular weight is 875 g/mol. The smallest absolute Gasteiger partial charge is 0.326 e. The number of carboxylic acids is 1. The number of hydrogen-bond acceptors (Lipinski definition) is 11. The molecule has 0 radical (unpaired) electrons. The average Bonchev–Trinajstić information content (AvgIpc) is 3.20. The number of carbonyl (C=O) groups is 10. The molecule has 0 saturated heterocycles. The predicted octanol–water partition coefficient (Wildman–Crippen LogP) is -2.04. The van der Waals surface area contributed by atoms with Crippen molar-refractivity contribution in [2.24, 2.45) is 23.3 Å². The van der Waals surface area contributed by atoms with Crippen LogP contribution in [0.25, 0.3) is 0 Å². The molecule has 0 aliphatic rings. The molecule has 0 fully saturated rings. The van der Waals surface area contributed by atoms with Gasteiger partial charge in [0.2, 0.25) is 53.2 Å². The zero-order valence-corrected chi connectivity index (χ0v) is 36.9. The van der Waals surface area contributed by atoms with Gasteiger partial charge >= 0.3 is 5.97 Å². The summed E-state index contributed by atoms with van der Waals surface area (Å²) in [6.45, 7) is 17.1. The van der Waals surface area contributed by atoms with E-state index in [0.29, 0.717) is 11.6 Å². The van der Waals surface area contributed by atoms with Crippen LogP contribution in [0.1, 0.15) is 73.8 Å². The molecule has 9 amide bonds. The number of carboxylic acid groups (broad SMARTS) is 1. The molecule has 0 unspecified atom stereocenters. The Kier molecular flexibility index (Phi) is 26.7. The van der Waals surface area contributed by atoms with Crippen LogP contribution < -0.4 is 48.7 Å². The molecule has 0 heterocycles. The summed E-state index contributed by atoms with van der Waals surface area (Å²) < 4.78 is 0. The van der Waals surface area contributed by atoms with E-state index in [9.17, 15) is 53.1 Å². The lowest BCUT2D eigenvalue weighted by molar-refractivity contribution is -0.141. The minimum atomic E-state index is -1.59. The highest BCUT2D eigenvalue weighted by Crippen LogP contribution is 2.08. The summed E-state index contributed by atoms with van der Waals surface area (Å²) in [7, 11) is 0. The van der Waals surface area contributed by atoms with E-state index in [-0.39, 0.29) is 24.7 Å². The monoisotopic (exact) mass is 874 g/mol. The van der Waals surface area contributed by atoms with E-state index in [1.54, 1.807) is 58.0 Å². The highest BCUT2D eigenvalue weighted by Gasteiger charge is 2.31. The first-order valence-electron chi connectivity index (χ1n) is 20.3. The molecular weight excluding hydrogens is 809 g/mol. The molecule has 21 nitrogen and oxygen atoms in total. The van der Waals surface area contributed by atoms with Crippen molar-refractivity contribution in [1.29, 1.82) is 0 Å². The summed E-state index contributed by atoms with van der Waals surface area (Å²) in [6, 6.07) is 2.35. The van der Waals surface area contributed by atoms with Gasteiger partial charge in [-0.15, -0.1) is 0 Å². The summed E-state index contributed by atoms with van der Waals surface area (Å²) in [4.78, 5) is 125. The fraction of sp³-hybridized carbons (Fsp3) is 0.561. The third-order valence-corrected chi connectivity index (χ3v) is 8.91. The number of aliphatic carboxylic acids is 1. The molecule has 0 spiro atoms. The summed E-state index contributed by atoms with van der Waals surface area (Å²) in [5, 5.41) is 25.7. The Morgan fingerprint density at radius 1 is 0.645 bits per heavy atom. The molecule has 0 aliphatic heterocycles. The second-order valence-corrected chi connectivity index (χ2v) is 14.9. The number of primary amides is 2. The van der Waals surface area contributed by atoms with E-state index in [2.05, 4.69) is 62.9 Å². The van der Waals surface area contributed by atoms with Crippen molar-refractivity contribution in [1.82, 2.24) is 42.1 Å². The van der Waals surface area contributed by atoms with Crippen molar-refractivity contribution < 1.29 is 53.1 Å². The zero-order valence-electron chi connectivity index (χ0n) is 36.9. The molecule has 0 bridgehead atoms. The maximum atomic E-state index is 13.2. The van der Waals surface area contributed by atoms with Gasteiger partial charge in [-0.1, -0.05) is 78.8 Å². The highest BCUT2D eigenvalue weighted by molar-refractivity contribution is 6.01.